The Morgan fingerprint density at radius 3 is 2.32 bits per heavy atom. The van der Waals surface area contributed by atoms with Gasteiger partial charge in [0.25, 0.3) is 5.91 Å². The summed E-state index contributed by atoms with van der Waals surface area (Å²) >= 11 is 0. The van der Waals surface area contributed by atoms with Crippen molar-refractivity contribution < 1.29 is 18.7 Å². The Morgan fingerprint density at radius 2 is 1.64 bits per heavy atom. The van der Waals surface area contributed by atoms with Crippen molar-refractivity contribution in [2.75, 3.05) is 11.4 Å². The van der Waals surface area contributed by atoms with Gasteiger partial charge in [-0.1, -0.05) is 18.2 Å². The van der Waals surface area contributed by atoms with E-state index < -0.39 is 23.1 Å². The van der Waals surface area contributed by atoms with E-state index in [2.05, 4.69) is 4.98 Å². The lowest BCUT2D eigenvalue weighted by molar-refractivity contribution is -0.133. The van der Waals surface area contributed by atoms with Crippen molar-refractivity contribution in [3.8, 4) is 11.1 Å². The highest BCUT2D eigenvalue weighted by molar-refractivity contribution is 6.02. The number of pyridine rings is 1. The van der Waals surface area contributed by atoms with Crippen molar-refractivity contribution >= 4 is 11.6 Å². The number of carbonyl (C=O) groups is 1. The third kappa shape index (κ3) is 3.39. The SMILES string of the molecule is O=C1N(c2ccc(-c3ccncc3)cc2)CCC1(O)Cc1ccc(F)c(F)c1. The van der Waals surface area contributed by atoms with Gasteiger partial charge in [-0.05, 0) is 53.1 Å². The summed E-state index contributed by atoms with van der Waals surface area (Å²) in [6, 6.07) is 14.7. The standard InChI is InChI=1S/C22H18F2N2O2/c23-19-6-1-15(13-20(19)24)14-22(28)9-12-26(21(22)27)18-4-2-16(3-5-18)17-7-10-25-11-8-17/h1-8,10-11,13,28H,9,12,14H2. The van der Waals surface area contributed by atoms with Crippen LogP contribution in [0.1, 0.15) is 12.0 Å². The lowest BCUT2D eigenvalue weighted by atomic mass is 9.93. The normalized spacial score (nSPS) is 19.2. The molecular formula is C22H18F2N2O2. The van der Waals surface area contributed by atoms with E-state index in [9.17, 15) is 18.7 Å². The quantitative estimate of drug-likeness (QED) is 0.750. The van der Waals surface area contributed by atoms with Gasteiger partial charge in [-0.15, -0.1) is 0 Å². The first-order chi connectivity index (χ1) is 13.5. The first kappa shape index (κ1) is 18.3. The Labute approximate surface area is 161 Å². The van der Waals surface area contributed by atoms with Crippen LogP contribution in [-0.4, -0.2) is 28.1 Å². The summed E-state index contributed by atoms with van der Waals surface area (Å²) in [5, 5.41) is 10.8. The first-order valence-corrected chi connectivity index (χ1v) is 8.95. The average Bonchev–Trinajstić information content (AvgIpc) is 3.00. The Hall–Kier alpha value is -3.12. The van der Waals surface area contributed by atoms with E-state index in [4.69, 9.17) is 0 Å². The molecule has 0 spiro atoms. The van der Waals surface area contributed by atoms with Crippen LogP contribution in [-0.2, 0) is 11.2 Å². The Kier molecular flexibility index (Phi) is 4.65. The summed E-state index contributed by atoms with van der Waals surface area (Å²) in [5.74, 6) is -2.38. The third-order valence-corrected chi connectivity index (χ3v) is 5.07. The summed E-state index contributed by atoms with van der Waals surface area (Å²) in [6.07, 6.45) is 3.59. The fourth-order valence-corrected chi connectivity index (χ4v) is 3.53. The number of anilines is 1. The molecule has 1 unspecified atom stereocenters. The van der Waals surface area contributed by atoms with Crippen molar-refractivity contribution in [2.24, 2.45) is 0 Å². The summed E-state index contributed by atoms with van der Waals surface area (Å²) in [4.78, 5) is 18.4. The molecule has 4 nitrogen and oxygen atoms in total. The van der Waals surface area contributed by atoms with Gasteiger partial charge in [-0.3, -0.25) is 9.78 Å². The van der Waals surface area contributed by atoms with Crippen molar-refractivity contribution in [3.05, 3.63) is 84.2 Å². The molecule has 1 aliphatic rings. The smallest absolute Gasteiger partial charge is 0.259 e. The van der Waals surface area contributed by atoms with Crippen LogP contribution in [0.25, 0.3) is 11.1 Å². The molecule has 6 heteroatoms. The van der Waals surface area contributed by atoms with Crippen LogP contribution in [0.5, 0.6) is 0 Å². The Morgan fingerprint density at radius 1 is 0.964 bits per heavy atom. The molecule has 1 fully saturated rings. The predicted octanol–water partition coefficient (Wildman–Crippen LogP) is 3.74. The summed E-state index contributed by atoms with van der Waals surface area (Å²) in [7, 11) is 0. The molecule has 1 aromatic heterocycles. The number of halogens is 2. The highest BCUT2D eigenvalue weighted by Crippen LogP contribution is 2.32. The van der Waals surface area contributed by atoms with E-state index in [0.29, 0.717) is 17.8 Å². The van der Waals surface area contributed by atoms with Crippen LogP contribution in [0.4, 0.5) is 14.5 Å². The van der Waals surface area contributed by atoms with Crippen LogP contribution in [0.15, 0.2) is 67.0 Å². The lowest BCUT2D eigenvalue weighted by Crippen LogP contribution is -2.42. The topological polar surface area (TPSA) is 53.4 Å². The highest BCUT2D eigenvalue weighted by Gasteiger charge is 2.45. The predicted molar refractivity (Wildman–Crippen MR) is 102 cm³/mol. The van der Waals surface area contributed by atoms with Crippen LogP contribution < -0.4 is 4.90 Å². The van der Waals surface area contributed by atoms with E-state index >= 15 is 0 Å². The molecule has 0 saturated carbocycles. The minimum Gasteiger partial charge on any atom is -0.380 e. The number of nitrogens with zero attached hydrogens (tertiary/aromatic N) is 2. The van der Waals surface area contributed by atoms with Crippen LogP contribution in [0.2, 0.25) is 0 Å². The second-order valence-electron chi connectivity index (χ2n) is 6.95. The molecule has 1 saturated heterocycles. The van der Waals surface area contributed by atoms with Crippen molar-refractivity contribution in [1.82, 2.24) is 4.98 Å². The van der Waals surface area contributed by atoms with Gasteiger partial charge in [-0.2, -0.15) is 0 Å². The number of hydrogen-bond donors (Lipinski definition) is 1. The molecule has 28 heavy (non-hydrogen) atoms. The largest absolute Gasteiger partial charge is 0.380 e. The molecule has 0 aliphatic carbocycles. The number of aliphatic hydroxyl groups is 1. The number of aromatic nitrogens is 1. The van der Waals surface area contributed by atoms with E-state index in [1.807, 2.05) is 36.4 Å². The van der Waals surface area contributed by atoms with Crippen LogP contribution in [0.3, 0.4) is 0 Å². The molecule has 0 radical (unpaired) electrons. The zero-order chi connectivity index (χ0) is 19.7. The van der Waals surface area contributed by atoms with Gasteiger partial charge in [0.2, 0.25) is 0 Å². The molecule has 142 valence electrons. The number of rotatable bonds is 4. The maximum Gasteiger partial charge on any atom is 0.259 e. The van der Waals surface area contributed by atoms with Gasteiger partial charge in [0.15, 0.2) is 11.6 Å². The zero-order valence-corrected chi connectivity index (χ0v) is 15.0. The van der Waals surface area contributed by atoms with Gasteiger partial charge in [0, 0.05) is 37.5 Å². The van der Waals surface area contributed by atoms with Crippen molar-refractivity contribution in [2.45, 2.75) is 18.4 Å². The number of amides is 1. The van der Waals surface area contributed by atoms with Gasteiger partial charge in [0.1, 0.15) is 5.60 Å². The lowest BCUT2D eigenvalue weighted by Gasteiger charge is -2.23. The van der Waals surface area contributed by atoms with Gasteiger partial charge >= 0.3 is 0 Å². The molecular weight excluding hydrogens is 362 g/mol. The van der Waals surface area contributed by atoms with Crippen molar-refractivity contribution in [1.29, 1.82) is 0 Å². The first-order valence-electron chi connectivity index (χ1n) is 8.95. The molecule has 2 heterocycles. The summed E-state index contributed by atoms with van der Waals surface area (Å²) in [6.45, 7) is 0.355. The maximum absolute atomic E-state index is 13.4. The molecule has 1 aliphatic heterocycles. The monoisotopic (exact) mass is 380 g/mol. The zero-order valence-electron chi connectivity index (χ0n) is 15.0. The van der Waals surface area contributed by atoms with Gasteiger partial charge < -0.3 is 10.0 Å². The van der Waals surface area contributed by atoms with Gasteiger partial charge in [-0.25, -0.2) is 8.78 Å². The molecule has 1 N–H and O–H groups in total. The minimum absolute atomic E-state index is 0.0609. The molecule has 0 bridgehead atoms. The Bertz CT molecular complexity index is 1010. The Balaban J connectivity index is 1.52. The number of carbonyl (C=O) groups excluding carboxylic acids is 1. The van der Waals surface area contributed by atoms with Crippen molar-refractivity contribution in [3.63, 3.8) is 0 Å². The van der Waals surface area contributed by atoms with Gasteiger partial charge in [0.05, 0.1) is 0 Å². The maximum atomic E-state index is 13.4. The second-order valence-corrected chi connectivity index (χ2v) is 6.95. The number of hydrogen-bond acceptors (Lipinski definition) is 3. The molecule has 4 rings (SSSR count). The fraction of sp³-hybridized carbons (Fsp3) is 0.182. The third-order valence-electron chi connectivity index (χ3n) is 5.07. The molecule has 2 aromatic carbocycles. The molecule has 1 amide bonds. The van der Waals surface area contributed by atoms with Crippen LogP contribution >= 0.6 is 0 Å². The highest BCUT2D eigenvalue weighted by atomic mass is 19.2. The summed E-state index contributed by atoms with van der Waals surface area (Å²) < 4.78 is 26.5. The molecule has 3 aromatic rings. The van der Waals surface area contributed by atoms with E-state index in [0.717, 1.165) is 23.3 Å². The summed E-state index contributed by atoms with van der Waals surface area (Å²) in [5.41, 5.74) is 1.45. The second kappa shape index (κ2) is 7.13. The van der Waals surface area contributed by atoms with E-state index in [-0.39, 0.29) is 12.8 Å². The average molecular weight is 380 g/mol. The van der Waals surface area contributed by atoms with E-state index in [1.54, 1.807) is 12.4 Å². The number of benzene rings is 2. The molecule has 1 atom stereocenters. The minimum atomic E-state index is -1.63. The van der Waals surface area contributed by atoms with Crippen LogP contribution in [0, 0.1) is 11.6 Å². The fourth-order valence-electron chi connectivity index (χ4n) is 3.53. The van der Waals surface area contributed by atoms with E-state index in [1.165, 1.54) is 11.0 Å².